The van der Waals surface area contributed by atoms with Gasteiger partial charge in [0.05, 0.1) is 11.8 Å². The molecule has 1 aromatic carbocycles. The van der Waals surface area contributed by atoms with Crippen LogP contribution in [0.5, 0.6) is 0 Å². The molecule has 0 saturated carbocycles. The highest BCUT2D eigenvalue weighted by molar-refractivity contribution is 7.93. The minimum absolute atomic E-state index is 0.274. The van der Waals surface area contributed by atoms with Crippen molar-refractivity contribution in [2.75, 3.05) is 4.72 Å². The third-order valence-corrected chi connectivity index (χ3v) is 4.49. The van der Waals surface area contributed by atoms with Crippen molar-refractivity contribution in [3.63, 3.8) is 0 Å². The number of aryl methyl sites for hydroxylation is 3. The fourth-order valence-electron chi connectivity index (χ4n) is 1.93. The van der Waals surface area contributed by atoms with Crippen LogP contribution in [0.4, 0.5) is 5.69 Å². The van der Waals surface area contributed by atoms with Crippen LogP contribution in [0.1, 0.15) is 30.0 Å². The Labute approximate surface area is 109 Å². The highest BCUT2D eigenvalue weighted by atomic mass is 32.2. The number of hydrogen-bond donors (Lipinski definition) is 1. The van der Waals surface area contributed by atoms with Gasteiger partial charge in [0.1, 0.15) is 0 Å². The Morgan fingerprint density at radius 3 is 2.17 bits per heavy atom. The first-order chi connectivity index (χ1) is 8.31. The Morgan fingerprint density at radius 1 is 1.28 bits per heavy atom. The van der Waals surface area contributed by atoms with E-state index < -0.39 is 15.3 Å². The number of benzene rings is 1. The molecule has 0 saturated heterocycles. The predicted octanol–water partition coefficient (Wildman–Crippen LogP) is 2.66. The van der Waals surface area contributed by atoms with E-state index in [9.17, 15) is 8.42 Å². The average Bonchev–Trinajstić information content (AvgIpc) is 2.24. The van der Waals surface area contributed by atoms with Crippen LogP contribution in [0.3, 0.4) is 0 Å². The molecule has 0 spiro atoms. The summed E-state index contributed by atoms with van der Waals surface area (Å²) in [6.07, 6.45) is 0.274. The Morgan fingerprint density at radius 2 is 1.78 bits per heavy atom. The molecule has 0 aliphatic carbocycles. The van der Waals surface area contributed by atoms with Crippen molar-refractivity contribution < 1.29 is 8.42 Å². The van der Waals surface area contributed by atoms with Crippen LogP contribution < -0.4 is 4.72 Å². The van der Waals surface area contributed by atoms with E-state index in [4.69, 9.17) is 5.26 Å². The quantitative estimate of drug-likeness (QED) is 0.910. The molecule has 0 radical (unpaired) electrons. The molecule has 0 aromatic heterocycles. The standard InChI is InChI=1S/C13H18N2O2S/c1-5-12(8-14)18(16,17)15-13-10(3)6-9(2)7-11(13)4/h6-7,12,15H,5H2,1-4H3. The van der Waals surface area contributed by atoms with E-state index in [0.717, 1.165) is 16.7 Å². The fraction of sp³-hybridized carbons (Fsp3) is 0.462. The lowest BCUT2D eigenvalue weighted by atomic mass is 10.1. The van der Waals surface area contributed by atoms with Crippen LogP contribution in [-0.2, 0) is 10.0 Å². The van der Waals surface area contributed by atoms with E-state index in [1.807, 2.05) is 39.0 Å². The van der Waals surface area contributed by atoms with E-state index in [1.165, 1.54) is 0 Å². The number of anilines is 1. The monoisotopic (exact) mass is 266 g/mol. The number of sulfonamides is 1. The lowest BCUT2D eigenvalue weighted by Crippen LogP contribution is -2.26. The van der Waals surface area contributed by atoms with E-state index in [2.05, 4.69) is 4.72 Å². The molecule has 5 heteroatoms. The van der Waals surface area contributed by atoms with Gasteiger partial charge in [0.2, 0.25) is 10.0 Å². The third-order valence-electron chi connectivity index (χ3n) is 2.81. The summed E-state index contributed by atoms with van der Waals surface area (Å²) in [5, 5.41) is 7.84. The van der Waals surface area contributed by atoms with Crippen molar-refractivity contribution in [2.45, 2.75) is 39.4 Å². The Bertz CT molecular complexity index is 562. The molecule has 18 heavy (non-hydrogen) atoms. The maximum atomic E-state index is 12.0. The van der Waals surface area contributed by atoms with Crippen LogP contribution in [0, 0.1) is 32.1 Å². The lowest BCUT2D eigenvalue weighted by Gasteiger charge is -2.16. The first-order valence-electron chi connectivity index (χ1n) is 5.81. The second-order valence-electron chi connectivity index (χ2n) is 4.45. The fourth-order valence-corrected chi connectivity index (χ4v) is 3.26. The van der Waals surface area contributed by atoms with Crippen LogP contribution >= 0.6 is 0 Å². The topological polar surface area (TPSA) is 70.0 Å². The SMILES string of the molecule is CCC(C#N)S(=O)(=O)Nc1c(C)cc(C)cc1C. The Balaban J connectivity index is 3.17. The lowest BCUT2D eigenvalue weighted by molar-refractivity contribution is 0.592. The normalized spacial score (nSPS) is 12.8. The van der Waals surface area contributed by atoms with Crippen LogP contribution in [-0.4, -0.2) is 13.7 Å². The van der Waals surface area contributed by atoms with Crippen LogP contribution in [0.2, 0.25) is 0 Å². The number of nitriles is 1. The zero-order valence-electron chi connectivity index (χ0n) is 11.1. The highest BCUT2D eigenvalue weighted by Gasteiger charge is 2.24. The van der Waals surface area contributed by atoms with Crippen molar-refractivity contribution in [1.82, 2.24) is 0 Å². The highest BCUT2D eigenvalue weighted by Crippen LogP contribution is 2.24. The average molecular weight is 266 g/mol. The molecule has 1 unspecified atom stereocenters. The Hall–Kier alpha value is -1.54. The zero-order valence-corrected chi connectivity index (χ0v) is 11.9. The summed E-state index contributed by atoms with van der Waals surface area (Å²) in [5.74, 6) is 0. The smallest absolute Gasteiger partial charge is 0.249 e. The molecule has 0 aliphatic heterocycles. The molecule has 0 amide bonds. The molecule has 1 rings (SSSR count). The summed E-state index contributed by atoms with van der Waals surface area (Å²) >= 11 is 0. The molecular weight excluding hydrogens is 248 g/mol. The second kappa shape index (κ2) is 5.40. The van der Waals surface area contributed by atoms with Gasteiger partial charge in [0.25, 0.3) is 0 Å². The molecule has 0 aliphatic rings. The summed E-state index contributed by atoms with van der Waals surface area (Å²) in [4.78, 5) is 0. The number of rotatable bonds is 4. The molecule has 1 aromatic rings. The van der Waals surface area contributed by atoms with E-state index in [-0.39, 0.29) is 6.42 Å². The number of nitrogens with zero attached hydrogens (tertiary/aromatic N) is 1. The predicted molar refractivity (Wildman–Crippen MR) is 72.9 cm³/mol. The van der Waals surface area contributed by atoms with Crippen LogP contribution in [0.15, 0.2) is 12.1 Å². The molecular formula is C13H18N2O2S. The minimum Gasteiger partial charge on any atom is -0.282 e. The maximum absolute atomic E-state index is 12.0. The van der Waals surface area contributed by atoms with E-state index in [1.54, 1.807) is 6.92 Å². The van der Waals surface area contributed by atoms with E-state index in [0.29, 0.717) is 5.69 Å². The minimum atomic E-state index is -3.64. The molecule has 4 nitrogen and oxygen atoms in total. The molecule has 1 N–H and O–H groups in total. The van der Waals surface area contributed by atoms with Crippen LogP contribution in [0.25, 0.3) is 0 Å². The molecule has 98 valence electrons. The van der Waals surface area contributed by atoms with E-state index >= 15 is 0 Å². The summed E-state index contributed by atoms with van der Waals surface area (Å²) in [6, 6.07) is 5.64. The van der Waals surface area contributed by atoms with Crippen molar-refractivity contribution in [3.05, 3.63) is 28.8 Å². The summed E-state index contributed by atoms with van der Waals surface area (Å²) < 4.78 is 26.6. The first kappa shape index (κ1) is 14.5. The van der Waals surface area contributed by atoms with Crippen molar-refractivity contribution in [1.29, 1.82) is 5.26 Å². The number of hydrogen-bond acceptors (Lipinski definition) is 3. The van der Waals surface area contributed by atoms with Gasteiger partial charge in [-0.15, -0.1) is 0 Å². The maximum Gasteiger partial charge on any atom is 0.249 e. The van der Waals surface area contributed by atoms with Gasteiger partial charge < -0.3 is 0 Å². The van der Waals surface area contributed by atoms with Gasteiger partial charge in [-0.25, -0.2) is 8.42 Å². The zero-order chi connectivity index (χ0) is 13.9. The molecule has 0 fully saturated rings. The first-order valence-corrected chi connectivity index (χ1v) is 7.35. The van der Waals surface area contributed by atoms with Gasteiger partial charge in [0, 0.05) is 0 Å². The van der Waals surface area contributed by atoms with Crippen molar-refractivity contribution in [2.24, 2.45) is 0 Å². The van der Waals surface area contributed by atoms with Gasteiger partial charge >= 0.3 is 0 Å². The van der Waals surface area contributed by atoms with Gasteiger partial charge in [-0.3, -0.25) is 4.72 Å². The molecule has 0 heterocycles. The summed E-state index contributed by atoms with van der Waals surface area (Å²) in [6.45, 7) is 7.35. The van der Waals surface area contributed by atoms with Gasteiger partial charge in [-0.1, -0.05) is 24.6 Å². The largest absolute Gasteiger partial charge is 0.282 e. The number of nitrogens with one attached hydrogen (secondary N) is 1. The van der Waals surface area contributed by atoms with Crippen molar-refractivity contribution >= 4 is 15.7 Å². The summed E-state index contributed by atoms with van der Waals surface area (Å²) in [7, 11) is -3.64. The van der Waals surface area contributed by atoms with Gasteiger partial charge in [-0.05, 0) is 38.3 Å². The summed E-state index contributed by atoms with van der Waals surface area (Å²) in [5.41, 5.74) is 3.39. The third kappa shape index (κ3) is 3.02. The molecule has 1 atom stereocenters. The Kier molecular flexibility index (Phi) is 4.36. The second-order valence-corrected chi connectivity index (χ2v) is 6.31. The molecule has 0 bridgehead atoms. The van der Waals surface area contributed by atoms with Crippen molar-refractivity contribution in [3.8, 4) is 6.07 Å². The van der Waals surface area contributed by atoms with Gasteiger partial charge in [0.15, 0.2) is 5.25 Å². The van der Waals surface area contributed by atoms with Gasteiger partial charge in [-0.2, -0.15) is 5.26 Å².